The molecule has 2 rings (SSSR count). The van der Waals surface area contributed by atoms with Crippen molar-refractivity contribution in [3.63, 3.8) is 0 Å². The Morgan fingerprint density at radius 2 is 1.61 bits per heavy atom. The lowest BCUT2D eigenvalue weighted by molar-refractivity contribution is 0.280. The SMILES string of the molecule is CCCCCCc1cnc(-c2ccc(OCCCCCC(F)CC)cc2)nc1. The third-order valence-corrected chi connectivity index (χ3v) is 5.01. The highest BCUT2D eigenvalue weighted by molar-refractivity contribution is 5.55. The molecule has 1 aromatic carbocycles. The van der Waals surface area contributed by atoms with Gasteiger partial charge in [0.1, 0.15) is 5.75 Å². The van der Waals surface area contributed by atoms with Gasteiger partial charge in [0.2, 0.25) is 0 Å². The molecule has 0 N–H and O–H groups in total. The number of aromatic nitrogens is 2. The quantitative estimate of drug-likeness (QED) is 0.329. The summed E-state index contributed by atoms with van der Waals surface area (Å²) in [5, 5.41) is 0. The first kappa shape index (κ1) is 22.3. The summed E-state index contributed by atoms with van der Waals surface area (Å²) in [6, 6.07) is 7.93. The molecule has 0 spiro atoms. The lowest BCUT2D eigenvalue weighted by Gasteiger charge is -2.08. The zero-order valence-corrected chi connectivity index (χ0v) is 17.5. The first-order valence-corrected chi connectivity index (χ1v) is 10.9. The maximum atomic E-state index is 13.1. The Kier molecular flexibility index (Phi) is 10.6. The van der Waals surface area contributed by atoms with Gasteiger partial charge in [0.15, 0.2) is 5.82 Å². The number of alkyl halides is 1. The Morgan fingerprint density at radius 3 is 2.29 bits per heavy atom. The predicted octanol–water partition coefficient (Wildman–Crippen LogP) is 6.95. The number of aryl methyl sites for hydroxylation is 1. The highest BCUT2D eigenvalue weighted by Crippen LogP contribution is 2.20. The molecular weight excluding hydrogens is 351 g/mol. The van der Waals surface area contributed by atoms with Gasteiger partial charge in [0.25, 0.3) is 0 Å². The van der Waals surface area contributed by atoms with Crippen LogP contribution in [0.4, 0.5) is 4.39 Å². The zero-order valence-electron chi connectivity index (χ0n) is 17.5. The molecule has 0 aliphatic rings. The van der Waals surface area contributed by atoms with E-state index < -0.39 is 6.17 Å². The molecule has 0 fully saturated rings. The van der Waals surface area contributed by atoms with E-state index in [1.54, 1.807) is 0 Å². The van der Waals surface area contributed by atoms with Gasteiger partial charge in [-0.2, -0.15) is 0 Å². The fourth-order valence-electron chi connectivity index (χ4n) is 3.13. The average Bonchev–Trinajstić information content (AvgIpc) is 2.74. The van der Waals surface area contributed by atoms with Gasteiger partial charge in [-0.25, -0.2) is 14.4 Å². The Morgan fingerprint density at radius 1 is 0.893 bits per heavy atom. The minimum Gasteiger partial charge on any atom is -0.494 e. The lowest BCUT2D eigenvalue weighted by atomic mass is 10.1. The number of nitrogens with zero attached hydrogens (tertiary/aromatic N) is 2. The van der Waals surface area contributed by atoms with Crippen LogP contribution in [0.5, 0.6) is 5.75 Å². The molecule has 4 heteroatoms. The number of halogens is 1. The summed E-state index contributed by atoms with van der Waals surface area (Å²) in [4.78, 5) is 9.02. The van der Waals surface area contributed by atoms with E-state index >= 15 is 0 Å². The van der Waals surface area contributed by atoms with Crippen molar-refractivity contribution in [1.82, 2.24) is 9.97 Å². The van der Waals surface area contributed by atoms with Crippen LogP contribution in [0.25, 0.3) is 11.4 Å². The van der Waals surface area contributed by atoms with E-state index in [0.717, 1.165) is 42.8 Å². The van der Waals surface area contributed by atoms with Crippen molar-refractivity contribution in [2.45, 2.75) is 84.2 Å². The van der Waals surface area contributed by atoms with E-state index in [9.17, 15) is 4.39 Å². The van der Waals surface area contributed by atoms with Crippen molar-refractivity contribution in [3.05, 3.63) is 42.2 Å². The highest BCUT2D eigenvalue weighted by atomic mass is 19.1. The van der Waals surface area contributed by atoms with Crippen LogP contribution in [0.1, 0.15) is 77.2 Å². The molecule has 1 atom stereocenters. The normalized spacial score (nSPS) is 12.1. The fourth-order valence-corrected chi connectivity index (χ4v) is 3.13. The van der Waals surface area contributed by atoms with Crippen molar-refractivity contribution >= 4 is 0 Å². The van der Waals surface area contributed by atoms with Crippen molar-refractivity contribution < 1.29 is 9.13 Å². The van der Waals surface area contributed by atoms with Crippen molar-refractivity contribution in [2.24, 2.45) is 0 Å². The summed E-state index contributed by atoms with van der Waals surface area (Å²) in [6.07, 6.45) is 13.5. The molecule has 0 aliphatic carbocycles. The zero-order chi connectivity index (χ0) is 20.0. The van der Waals surface area contributed by atoms with E-state index in [1.165, 1.54) is 31.2 Å². The van der Waals surface area contributed by atoms with Gasteiger partial charge in [0.05, 0.1) is 12.8 Å². The minimum atomic E-state index is -0.647. The molecule has 1 aromatic heterocycles. The molecule has 1 unspecified atom stereocenters. The molecule has 28 heavy (non-hydrogen) atoms. The second-order valence-corrected chi connectivity index (χ2v) is 7.45. The van der Waals surface area contributed by atoms with E-state index in [1.807, 2.05) is 43.6 Å². The summed E-state index contributed by atoms with van der Waals surface area (Å²) in [5.41, 5.74) is 2.20. The van der Waals surface area contributed by atoms with Crippen LogP contribution in [-0.4, -0.2) is 22.7 Å². The molecule has 2 aromatic rings. The summed E-state index contributed by atoms with van der Waals surface area (Å²) in [7, 11) is 0. The van der Waals surface area contributed by atoms with Crippen LogP contribution in [0.15, 0.2) is 36.7 Å². The Balaban J connectivity index is 1.71. The van der Waals surface area contributed by atoms with E-state index in [4.69, 9.17) is 4.74 Å². The number of ether oxygens (including phenoxy) is 1. The van der Waals surface area contributed by atoms with Gasteiger partial charge in [-0.15, -0.1) is 0 Å². The van der Waals surface area contributed by atoms with Crippen LogP contribution in [0.3, 0.4) is 0 Å². The maximum Gasteiger partial charge on any atom is 0.159 e. The molecular formula is C24H35FN2O. The number of hydrogen-bond acceptors (Lipinski definition) is 3. The third kappa shape index (κ3) is 8.37. The van der Waals surface area contributed by atoms with E-state index in [0.29, 0.717) is 19.4 Å². The molecule has 0 saturated carbocycles. The molecule has 0 aliphatic heterocycles. The van der Waals surface area contributed by atoms with Crippen LogP contribution in [-0.2, 0) is 6.42 Å². The molecule has 0 amide bonds. The summed E-state index contributed by atoms with van der Waals surface area (Å²) in [6.45, 7) is 4.79. The van der Waals surface area contributed by atoms with Gasteiger partial charge >= 0.3 is 0 Å². The van der Waals surface area contributed by atoms with Crippen molar-refractivity contribution in [3.8, 4) is 17.1 Å². The number of hydrogen-bond donors (Lipinski definition) is 0. The minimum absolute atomic E-state index is 0.619. The van der Waals surface area contributed by atoms with Gasteiger partial charge in [-0.05, 0) is 68.4 Å². The van der Waals surface area contributed by atoms with Crippen molar-refractivity contribution in [1.29, 1.82) is 0 Å². The first-order valence-electron chi connectivity index (χ1n) is 10.9. The second kappa shape index (κ2) is 13.2. The lowest BCUT2D eigenvalue weighted by Crippen LogP contribution is -2.00. The van der Waals surface area contributed by atoms with Gasteiger partial charge in [-0.1, -0.05) is 39.5 Å². The Bertz CT molecular complexity index is 643. The van der Waals surface area contributed by atoms with Crippen LogP contribution < -0.4 is 4.74 Å². The topological polar surface area (TPSA) is 35.0 Å². The van der Waals surface area contributed by atoms with Crippen molar-refractivity contribution in [2.75, 3.05) is 6.61 Å². The largest absolute Gasteiger partial charge is 0.494 e. The second-order valence-electron chi connectivity index (χ2n) is 7.45. The Labute approximate surface area is 169 Å². The standard InChI is InChI=1S/C24H35FN2O/c1-3-5-6-8-11-20-18-26-24(27-19-20)21-13-15-23(16-14-21)28-17-10-7-9-12-22(25)4-2/h13-16,18-19,22H,3-12,17H2,1-2H3. The maximum absolute atomic E-state index is 13.1. The predicted molar refractivity (Wildman–Crippen MR) is 114 cm³/mol. The molecule has 0 saturated heterocycles. The highest BCUT2D eigenvalue weighted by Gasteiger charge is 2.04. The molecule has 0 radical (unpaired) electrons. The summed E-state index contributed by atoms with van der Waals surface area (Å²) in [5.74, 6) is 1.61. The molecule has 1 heterocycles. The fraction of sp³-hybridized carbons (Fsp3) is 0.583. The monoisotopic (exact) mass is 386 g/mol. The van der Waals surface area contributed by atoms with Crippen LogP contribution in [0, 0.1) is 0 Å². The third-order valence-electron chi connectivity index (χ3n) is 5.01. The van der Waals surface area contributed by atoms with Gasteiger partial charge in [0, 0.05) is 18.0 Å². The number of rotatable bonds is 14. The molecule has 0 bridgehead atoms. The molecule has 154 valence electrons. The Hall–Kier alpha value is -1.97. The molecule has 3 nitrogen and oxygen atoms in total. The summed E-state index contributed by atoms with van der Waals surface area (Å²) >= 11 is 0. The number of benzene rings is 1. The number of unbranched alkanes of at least 4 members (excludes halogenated alkanes) is 5. The average molecular weight is 387 g/mol. The smallest absolute Gasteiger partial charge is 0.159 e. The van der Waals surface area contributed by atoms with E-state index in [2.05, 4.69) is 16.9 Å². The summed E-state index contributed by atoms with van der Waals surface area (Å²) < 4.78 is 18.9. The van der Waals surface area contributed by atoms with Crippen LogP contribution >= 0.6 is 0 Å². The van der Waals surface area contributed by atoms with E-state index in [-0.39, 0.29) is 0 Å². The van der Waals surface area contributed by atoms with Gasteiger partial charge < -0.3 is 4.74 Å². The van der Waals surface area contributed by atoms with Gasteiger partial charge in [-0.3, -0.25) is 0 Å². The first-order chi connectivity index (χ1) is 13.7. The van der Waals surface area contributed by atoms with Crippen LogP contribution in [0.2, 0.25) is 0 Å².